The van der Waals surface area contributed by atoms with E-state index in [0.29, 0.717) is 18.7 Å². The number of likely N-dealkylation sites (tertiary alicyclic amines) is 1. The molecule has 1 aliphatic heterocycles. The van der Waals surface area contributed by atoms with Gasteiger partial charge in [0.1, 0.15) is 12.1 Å². The van der Waals surface area contributed by atoms with E-state index in [1.807, 2.05) is 55.5 Å². The number of hydrogen-bond donors (Lipinski definition) is 1. The van der Waals surface area contributed by atoms with Crippen molar-refractivity contribution >= 4 is 33.6 Å². The van der Waals surface area contributed by atoms with Crippen LogP contribution in [0.3, 0.4) is 0 Å². The summed E-state index contributed by atoms with van der Waals surface area (Å²) in [6.45, 7) is 4.48. The molecule has 2 aromatic carbocycles. The average Bonchev–Trinajstić information content (AvgIpc) is 3.06. The fourth-order valence-corrected chi connectivity index (χ4v) is 3.86. The number of ether oxygens (including phenoxy) is 1. The van der Waals surface area contributed by atoms with Gasteiger partial charge in [-0.2, -0.15) is 0 Å². The van der Waals surface area contributed by atoms with Gasteiger partial charge in [0.2, 0.25) is 5.91 Å². The number of benzene rings is 2. The van der Waals surface area contributed by atoms with Crippen LogP contribution < -0.4 is 5.32 Å². The van der Waals surface area contributed by atoms with Gasteiger partial charge in [-0.15, -0.1) is 0 Å². The zero-order valence-electron chi connectivity index (χ0n) is 15.5. The number of carbonyl (C=O) groups excluding carboxylic acids is 2. The molecule has 27 heavy (non-hydrogen) atoms. The van der Waals surface area contributed by atoms with E-state index >= 15 is 0 Å². The molecule has 2 aromatic rings. The van der Waals surface area contributed by atoms with Crippen LogP contribution in [0.15, 0.2) is 53.0 Å². The molecule has 1 saturated heterocycles. The Labute approximate surface area is 167 Å². The number of aryl methyl sites for hydroxylation is 1. The van der Waals surface area contributed by atoms with E-state index in [9.17, 15) is 9.59 Å². The third-order valence-electron chi connectivity index (χ3n) is 4.93. The Hall–Kier alpha value is -2.34. The predicted molar refractivity (Wildman–Crippen MR) is 108 cm³/mol. The van der Waals surface area contributed by atoms with Crippen LogP contribution in [0.2, 0.25) is 0 Å². The van der Waals surface area contributed by atoms with Crippen LogP contribution in [0, 0.1) is 6.92 Å². The molecule has 1 unspecified atom stereocenters. The quantitative estimate of drug-likeness (QED) is 0.750. The standard InChI is InChI=1S/C21H23BrN2O3/c1-15-9-10-18(17(22)13-15)23-19(25)21(2)11-6-12-24(21)20(26)27-14-16-7-4-3-5-8-16/h3-5,7-10,13H,6,11-12,14H2,1-2H3,(H,23,25). The van der Waals surface area contributed by atoms with Gasteiger partial charge < -0.3 is 10.1 Å². The fourth-order valence-electron chi connectivity index (χ4n) is 3.27. The normalized spacial score (nSPS) is 19.0. The van der Waals surface area contributed by atoms with Crippen molar-refractivity contribution in [2.75, 3.05) is 11.9 Å². The molecule has 1 N–H and O–H groups in total. The van der Waals surface area contributed by atoms with Gasteiger partial charge in [0.05, 0.1) is 5.69 Å². The van der Waals surface area contributed by atoms with E-state index in [-0.39, 0.29) is 12.5 Å². The van der Waals surface area contributed by atoms with Crippen LogP contribution >= 0.6 is 15.9 Å². The molecule has 6 heteroatoms. The summed E-state index contributed by atoms with van der Waals surface area (Å²) < 4.78 is 6.26. The molecule has 0 bridgehead atoms. The SMILES string of the molecule is Cc1ccc(NC(=O)C2(C)CCCN2C(=O)OCc2ccccc2)c(Br)c1. The van der Waals surface area contributed by atoms with Gasteiger partial charge in [-0.3, -0.25) is 9.69 Å². The Morgan fingerprint density at radius 3 is 2.67 bits per heavy atom. The van der Waals surface area contributed by atoms with Crippen molar-refractivity contribution in [3.8, 4) is 0 Å². The van der Waals surface area contributed by atoms with Crippen LogP contribution in [-0.2, 0) is 16.1 Å². The number of carbonyl (C=O) groups is 2. The maximum absolute atomic E-state index is 13.0. The van der Waals surface area contributed by atoms with Gasteiger partial charge in [-0.25, -0.2) is 4.79 Å². The number of anilines is 1. The average molecular weight is 431 g/mol. The highest BCUT2D eigenvalue weighted by atomic mass is 79.9. The minimum absolute atomic E-state index is 0.192. The first-order valence-electron chi connectivity index (χ1n) is 8.96. The van der Waals surface area contributed by atoms with E-state index in [1.54, 1.807) is 6.92 Å². The number of amides is 2. The molecule has 0 radical (unpaired) electrons. The van der Waals surface area contributed by atoms with Gasteiger partial charge in [0.25, 0.3) is 0 Å². The van der Waals surface area contributed by atoms with Gasteiger partial charge in [-0.1, -0.05) is 36.4 Å². The molecule has 0 spiro atoms. The molecule has 0 aliphatic carbocycles. The summed E-state index contributed by atoms with van der Waals surface area (Å²) in [5.74, 6) is -0.207. The molecule has 0 aromatic heterocycles. The first-order valence-corrected chi connectivity index (χ1v) is 9.75. The van der Waals surface area contributed by atoms with E-state index < -0.39 is 11.6 Å². The lowest BCUT2D eigenvalue weighted by atomic mass is 9.97. The molecular weight excluding hydrogens is 408 g/mol. The van der Waals surface area contributed by atoms with Gasteiger partial charge >= 0.3 is 6.09 Å². The first kappa shape index (κ1) is 19.4. The summed E-state index contributed by atoms with van der Waals surface area (Å²) in [6, 6.07) is 15.2. The van der Waals surface area contributed by atoms with Crippen LogP contribution in [-0.4, -0.2) is 29.0 Å². The molecule has 0 saturated carbocycles. The van der Waals surface area contributed by atoms with Crippen molar-refractivity contribution in [2.45, 2.75) is 38.8 Å². The van der Waals surface area contributed by atoms with Gasteiger partial charge in [-0.05, 0) is 65.9 Å². The molecule has 142 valence electrons. The molecule has 3 rings (SSSR count). The lowest BCUT2D eigenvalue weighted by Gasteiger charge is -2.33. The molecule has 1 fully saturated rings. The minimum atomic E-state index is -0.932. The van der Waals surface area contributed by atoms with Crippen molar-refractivity contribution in [3.63, 3.8) is 0 Å². The highest BCUT2D eigenvalue weighted by Crippen LogP contribution is 2.32. The first-order chi connectivity index (χ1) is 12.9. The Balaban J connectivity index is 1.69. The monoisotopic (exact) mass is 430 g/mol. The summed E-state index contributed by atoms with van der Waals surface area (Å²) in [5.41, 5.74) is 1.77. The molecule has 1 aliphatic rings. The summed E-state index contributed by atoms with van der Waals surface area (Å²) >= 11 is 3.48. The molecular formula is C21H23BrN2O3. The maximum Gasteiger partial charge on any atom is 0.410 e. The number of rotatable bonds is 4. The van der Waals surface area contributed by atoms with Crippen molar-refractivity contribution in [3.05, 3.63) is 64.1 Å². The lowest BCUT2D eigenvalue weighted by molar-refractivity contribution is -0.125. The third-order valence-corrected chi connectivity index (χ3v) is 5.58. The second-order valence-corrected chi connectivity index (χ2v) is 7.86. The Bertz CT molecular complexity index is 841. The summed E-state index contributed by atoms with van der Waals surface area (Å²) in [5, 5.41) is 2.94. The number of hydrogen-bond acceptors (Lipinski definition) is 3. The second kappa shape index (κ2) is 8.13. The smallest absolute Gasteiger partial charge is 0.410 e. The fraction of sp³-hybridized carbons (Fsp3) is 0.333. The van der Waals surface area contributed by atoms with Crippen LogP contribution in [0.25, 0.3) is 0 Å². The van der Waals surface area contributed by atoms with Crippen molar-refractivity contribution in [1.29, 1.82) is 0 Å². The largest absolute Gasteiger partial charge is 0.445 e. The van der Waals surface area contributed by atoms with E-state index in [1.165, 1.54) is 4.90 Å². The van der Waals surface area contributed by atoms with Crippen LogP contribution in [0.1, 0.15) is 30.9 Å². The summed E-state index contributed by atoms with van der Waals surface area (Å²) in [4.78, 5) is 27.1. The van der Waals surface area contributed by atoms with E-state index in [0.717, 1.165) is 22.0 Å². The topological polar surface area (TPSA) is 58.6 Å². The molecule has 1 heterocycles. The number of nitrogens with one attached hydrogen (secondary N) is 1. The summed E-state index contributed by atoms with van der Waals surface area (Å²) in [6.07, 6.45) is 0.902. The zero-order valence-corrected chi connectivity index (χ0v) is 17.1. The maximum atomic E-state index is 13.0. The van der Waals surface area contributed by atoms with E-state index in [2.05, 4.69) is 21.2 Å². The van der Waals surface area contributed by atoms with Gasteiger partial charge in [0, 0.05) is 11.0 Å². The predicted octanol–water partition coefficient (Wildman–Crippen LogP) is 4.89. The minimum Gasteiger partial charge on any atom is -0.445 e. The Morgan fingerprint density at radius 2 is 1.96 bits per heavy atom. The van der Waals surface area contributed by atoms with E-state index in [4.69, 9.17) is 4.74 Å². The zero-order chi connectivity index (χ0) is 19.4. The number of nitrogens with zero attached hydrogens (tertiary/aromatic N) is 1. The second-order valence-electron chi connectivity index (χ2n) is 7.01. The van der Waals surface area contributed by atoms with Gasteiger partial charge in [0.15, 0.2) is 0 Å². The molecule has 1 atom stereocenters. The van der Waals surface area contributed by atoms with Crippen molar-refractivity contribution < 1.29 is 14.3 Å². The lowest BCUT2D eigenvalue weighted by Crippen LogP contribution is -2.53. The molecule has 2 amide bonds. The summed E-state index contributed by atoms with van der Waals surface area (Å²) in [7, 11) is 0. The highest BCUT2D eigenvalue weighted by Gasteiger charge is 2.46. The third kappa shape index (κ3) is 4.33. The van der Waals surface area contributed by atoms with Crippen LogP contribution in [0.5, 0.6) is 0 Å². The van der Waals surface area contributed by atoms with Crippen molar-refractivity contribution in [1.82, 2.24) is 4.90 Å². The Morgan fingerprint density at radius 1 is 1.22 bits per heavy atom. The highest BCUT2D eigenvalue weighted by molar-refractivity contribution is 9.10. The van der Waals surface area contributed by atoms with Crippen molar-refractivity contribution in [2.24, 2.45) is 0 Å². The number of halogens is 1. The Kier molecular flexibility index (Phi) is 5.85. The molecule has 5 nitrogen and oxygen atoms in total. The van der Waals surface area contributed by atoms with Crippen LogP contribution in [0.4, 0.5) is 10.5 Å².